The molecule has 164 valence electrons. The maximum Gasteiger partial charge on any atom is 0.352 e. The van der Waals surface area contributed by atoms with Gasteiger partial charge in [-0.25, -0.2) is 9.48 Å². The van der Waals surface area contributed by atoms with Gasteiger partial charge < -0.3 is 25.2 Å². The van der Waals surface area contributed by atoms with Crippen molar-refractivity contribution in [3.8, 4) is 11.5 Å². The summed E-state index contributed by atoms with van der Waals surface area (Å²) in [6.07, 6.45) is 2.96. The van der Waals surface area contributed by atoms with Gasteiger partial charge in [-0.2, -0.15) is 5.10 Å². The molecule has 4 rings (SSSR count). The summed E-state index contributed by atoms with van der Waals surface area (Å²) in [6.45, 7) is 2.33. The summed E-state index contributed by atoms with van der Waals surface area (Å²) in [7, 11) is 1.54. The summed E-state index contributed by atoms with van der Waals surface area (Å²) < 4.78 is 12.5. The van der Waals surface area contributed by atoms with Gasteiger partial charge in [-0.3, -0.25) is 4.79 Å². The van der Waals surface area contributed by atoms with Crippen molar-refractivity contribution in [1.82, 2.24) is 9.78 Å². The highest BCUT2D eigenvalue weighted by molar-refractivity contribution is 6.08. The number of methoxy groups -OCH3 is 1. The molecular weight excluding hydrogens is 412 g/mol. The highest BCUT2D eigenvalue weighted by Gasteiger charge is 2.30. The lowest BCUT2D eigenvalue weighted by Crippen LogP contribution is -2.26. The molecule has 1 aliphatic heterocycles. The van der Waals surface area contributed by atoms with Gasteiger partial charge in [0, 0.05) is 17.3 Å². The summed E-state index contributed by atoms with van der Waals surface area (Å²) in [4.78, 5) is 24.8. The van der Waals surface area contributed by atoms with Gasteiger partial charge in [0.25, 0.3) is 5.91 Å². The molecule has 0 fully saturated rings. The first-order valence-electron chi connectivity index (χ1n) is 9.98. The third-order valence-corrected chi connectivity index (χ3v) is 4.98. The molecule has 1 aliphatic rings. The zero-order valence-corrected chi connectivity index (χ0v) is 17.5. The van der Waals surface area contributed by atoms with Crippen LogP contribution < -0.4 is 20.1 Å². The minimum atomic E-state index is -1.14. The molecule has 0 aliphatic carbocycles. The van der Waals surface area contributed by atoms with E-state index >= 15 is 0 Å². The van der Waals surface area contributed by atoms with Crippen LogP contribution in [0.1, 0.15) is 28.9 Å². The zero-order valence-electron chi connectivity index (χ0n) is 17.5. The van der Waals surface area contributed by atoms with E-state index in [1.165, 1.54) is 6.20 Å². The van der Waals surface area contributed by atoms with E-state index in [2.05, 4.69) is 15.7 Å². The smallest absolute Gasteiger partial charge is 0.352 e. The van der Waals surface area contributed by atoms with Crippen molar-refractivity contribution in [3.05, 3.63) is 77.6 Å². The second-order valence-electron chi connectivity index (χ2n) is 6.96. The number of anilines is 2. The average molecular weight is 434 g/mol. The number of fused-ring (bicyclic) bond motifs is 1. The first-order valence-corrected chi connectivity index (χ1v) is 9.98. The number of aliphatic carboxylic acids is 1. The van der Waals surface area contributed by atoms with Gasteiger partial charge in [0.1, 0.15) is 34.6 Å². The van der Waals surface area contributed by atoms with Crippen LogP contribution in [0.15, 0.2) is 66.5 Å². The molecule has 0 saturated carbocycles. The standard InChI is InChI=1S/C23H22N4O5/c1-3-32-20-10-5-4-9-16(20)19-12-18(23(29)30)26-21-17(13-24-27(19)21)22(28)25-14-7-6-8-15(11-14)31-2/h4-13,19,26H,3H2,1-2H3,(H,25,28)(H,29,30)/t19-/m1/s1. The monoisotopic (exact) mass is 434 g/mol. The van der Waals surface area contributed by atoms with Gasteiger partial charge in [0.05, 0.1) is 19.9 Å². The van der Waals surface area contributed by atoms with Crippen LogP contribution >= 0.6 is 0 Å². The summed E-state index contributed by atoms with van der Waals surface area (Å²) in [5, 5.41) is 19.7. The first kappa shape index (κ1) is 21.0. The number of nitrogens with zero attached hydrogens (tertiary/aromatic N) is 2. The molecule has 1 atom stereocenters. The number of ether oxygens (including phenoxy) is 2. The SMILES string of the molecule is CCOc1ccccc1[C@H]1C=C(C(=O)O)Nc2c(C(=O)Nc3cccc(OC)c3)cnn21. The third kappa shape index (κ3) is 4.00. The second kappa shape index (κ2) is 8.84. The molecule has 0 saturated heterocycles. The van der Waals surface area contributed by atoms with Gasteiger partial charge in [0.15, 0.2) is 0 Å². The van der Waals surface area contributed by atoms with Crippen molar-refractivity contribution in [2.45, 2.75) is 13.0 Å². The first-order chi connectivity index (χ1) is 15.5. The number of nitrogens with one attached hydrogen (secondary N) is 2. The molecule has 2 heterocycles. The van der Waals surface area contributed by atoms with Crippen molar-refractivity contribution in [1.29, 1.82) is 0 Å². The Labute approximate surface area is 184 Å². The van der Waals surface area contributed by atoms with Gasteiger partial charge in [-0.05, 0) is 31.2 Å². The fraction of sp³-hybridized carbons (Fsp3) is 0.174. The van der Waals surface area contributed by atoms with Gasteiger partial charge in [-0.15, -0.1) is 0 Å². The molecule has 1 amide bonds. The Morgan fingerprint density at radius 1 is 1.22 bits per heavy atom. The fourth-order valence-electron chi connectivity index (χ4n) is 3.52. The molecule has 32 heavy (non-hydrogen) atoms. The molecular formula is C23H22N4O5. The number of carboxylic acid groups (broad SMARTS) is 1. The Bertz CT molecular complexity index is 1200. The lowest BCUT2D eigenvalue weighted by Gasteiger charge is -2.25. The van der Waals surface area contributed by atoms with E-state index in [4.69, 9.17) is 9.47 Å². The highest BCUT2D eigenvalue weighted by Crippen LogP contribution is 2.36. The average Bonchev–Trinajstić information content (AvgIpc) is 3.23. The second-order valence-corrected chi connectivity index (χ2v) is 6.96. The summed E-state index contributed by atoms with van der Waals surface area (Å²) in [5.74, 6) is -0.0825. The Morgan fingerprint density at radius 2 is 2.03 bits per heavy atom. The maximum absolute atomic E-state index is 13.0. The number of aromatic nitrogens is 2. The number of rotatable bonds is 7. The third-order valence-electron chi connectivity index (χ3n) is 4.98. The zero-order chi connectivity index (χ0) is 22.7. The predicted molar refractivity (Wildman–Crippen MR) is 118 cm³/mol. The van der Waals surface area contributed by atoms with Crippen LogP contribution in [0.4, 0.5) is 11.5 Å². The van der Waals surface area contributed by atoms with Crippen LogP contribution in [-0.2, 0) is 4.79 Å². The number of allylic oxidation sites excluding steroid dienone is 1. The number of hydrogen-bond donors (Lipinski definition) is 3. The van der Waals surface area contributed by atoms with E-state index in [1.54, 1.807) is 42.1 Å². The van der Waals surface area contributed by atoms with Crippen LogP contribution in [0.3, 0.4) is 0 Å². The number of hydrogen-bond acceptors (Lipinski definition) is 6. The van der Waals surface area contributed by atoms with Crippen LogP contribution in [0.25, 0.3) is 0 Å². The Balaban J connectivity index is 1.73. The van der Waals surface area contributed by atoms with Crippen molar-refractivity contribution in [2.24, 2.45) is 0 Å². The Hall–Kier alpha value is -4.27. The van der Waals surface area contributed by atoms with E-state index in [0.717, 1.165) is 5.56 Å². The molecule has 1 aromatic heterocycles. The molecule has 0 spiro atoms. The number of amides is 1. The van der Waals surface area contributed by atoms with E-state index in [-0.39, 0.29) is 17.1 Å². The van der Waals surface area contributed by atoms with Crippen molar-refractivity contribution < 1.29 is 24.2 Å². The molecule has 9 heteroatoms. The van der Waals surface area contributed by atoms with Crippen LogP contribution in [0, 0.1) is 0 Å². The van der Waals surface area contributed by atoms with Gasteiger partial charge in [-0.1, -0.05) is 24.3 Å². The maximum atomic E-state index is 13.0. The Kier molecular flexibility index (Phi) is 5.80. The summed E-state index contributed by atoms with van der Waals surface area (Å²) in [6, 6.07) is 13.7. The van der Waals surface area contributed by atoms with Gasteiger partial charge in [0.2, 0.25) is 0 Å². The van der Waals surface area contributed by atoms with Crippen LogP contribution in [0.5, 0.6) is 11.5 Å². The number of benzene rings is 2. The van der Waals surface area contributed by atoms with Crippen molar-refractivity contribution in [2.75, 3.05) is 24.4 Å². The molecule has 0 radical (unpaired) electrons. The molecule has 9 nitrogen and oxygen atoms in total. The number of carbonyl (C=O) groups excluding carboxylic acids is 1. The van der Waals surface area contributed by atoms with Crippen molar-refractivity contribution >= 4 is 23.4 Å². The number of para-hydroxylation sites is 1. The van der Waals surface area contributed by atoms with Crippen LogP contribution in [0.2, 0.25) is 0 Å². The summed E-state index contributed by atoms with van der Waals surface area (Å²) in [5.41, 5.74) is 1.43. The number of carbonyl (C=O) groups is 2. The normalized spacial score (nSPS) is 14.6. The van der Waals surface area contributed by atoms with E-state index < -0.39 is 17.9 Å². The lowest BCUT2D eigenvalue weighted by molar-refractivity contribution is -0.132. The quantitative estimate of drug-likeness (QED) is 0.521. The minimum absolute atomic E-state index is 0.0512. The van der Waals surface area contributed by atoms with E-state index in [9.17, 15) is 14.7 Å². The fourth-order valence-corrected chi connectivity index (χ4v) is 3.52. The topological polar surface area (TPSA) is 115 Å². The minimum Gasteiger partial charge on any atom is -0.497 e. The largest absolute Gasteiger partial charge is 0.497 e. The molecule has 2 aromatic carbocycles. The van der Waals surface area contributed by atoms with Crippen LogP contribution in [-0.4, -0.2) is 40.5 Å². The highest BCUT2D eigenvalue weighted by atomic mass is 16.5. The molecule has 0 bridgehead atoms. The van der Waals surface area contributed by atoms with Gasteiger partial charge >= 0.3 is 5.97 Å². The molecule has 0 unspecified atom stereocenters. The van der Waals surface area contributed by atoms with E-state index in [1.807, 2.05) is 31.2 Å². The van der Waals surface area contributed by atoms with Crippen molar-refractivity contribution in [3.63, 3.8) is 0 Å². The predicted octanol–water partition coefficient (Wildman–Crippen LogP) is 3.53. The lowest BCUT2D eigenvalue weighted by atomic mass is 10.0. The molecule has 3 N–H and O–H groups in total. The Morgan fingerprint density at radius 3 is 2.78 bits per heavy atom. The summed E-state index contributed by atoms with van der Waals surface area (Å²) >= 11 is 0. The number of carboxylic acids is 1. The molecule has 3 aromatic rings. The van der Waals surface area contributed by atoms with E-state index in [0.29, 0.717) is 23.8 Å².